The fraction of sp³-hybridized carbons (Fsp3) is 0.421. The molecule has 1 N–H and O–H groups in total. The lowest BCUT2D eigenvalue weighted by Gasteiger charge is -2.32. The Morgan fingerprint density at radius 3 is 2.72 bits per heavy atom. The summed E-state index contributed by atoms with van der Waals surface area (Å²) in [5.74, 6) is -1.08. The molecule has 0 saturated heterocycles. The molecule has 1 aromatic carbocycles. The number of benzene rings is 1. The summed E-state index contributed by atoms with van der Waals surface area (Å²) in [6, 6.07) is 9.23. The van der Waals surface area contributed by atoms with Crippen molar-refractivity contribution in [3.8, 4) is 6.07 Å². The van der Waals surface area contributed by atoms with E-state index in [0.29, 0.717) is 17.9 Å². The molecule has 1 amide bonds. The minimum Gasteiger partial charge on any atom is -0.449 e. The second kappa shape index (κ2) is 8.68. The third-order valence-electron chi connectivity index (χ3n) is 4.21. The molecule has 0 heterocycles. The van der Waals surface area contributed by atoms with Crippen LogP contribution in [0.4, 0.5) is 0 Å². The van der Waals surface area contributed by atoms with Gasteiger partial charge in [0.2, 0.25) is 0 Å². The SMILES string of the molecule is C[C@@H](OC(=O)/C=C/c1cccc(Cl)c1)C(=O)NC1(C#N)CCCCC1. The maximum Gasteiger partial charge on any atom is 0.331 e. The number of nitrogens with zero attached hydrogens (tertiary/aromatic N) is 1. The normalized spacial score (nSPS) is 17.5. The summed E-state index contributed by atoms with van der Waals surface area (Å²) in [7, 11) is 0. The van der Waals surface area contributed by atoms with Gasteiger partial charge in [-0.3, -0.25) is 4.79 Å². The molecular weight excluding hydrogens is 340 g/mol. The molecule has 132 valence electrons. The molecule has 0 radical (unpaired) electrons. The lowest BCUT2D eigenvalue weighted by atomic mass is 9.83. The van der Waals surface area contributed by atoms with E-state index in [1.807, 2.05) is 0 Å². The number of ether oxygens (including phenoxy) is 1. The first-order chi connectivity index (χ1) is 11.9. The number of hydrogen-bond donors (Lipinski definition) is 1. The molecule has 0 aliphatic heterocycles. The highest BCUT2D eigenvalue weighted by atomic mass is 35.5. The van der Waals surface area contributed by atoms with Gasteiger partial charge in [0, 0.05) is 11.1 Å². The number of carbonyl (C=O) groups excluding carboxylic acids is 2. The van der Waals surface area contributed by atoms with Crippen molar-refractivity contribution >= 4 is 29.6 Å². The van der Waals surface area contributed by atoms with Gasteiger partial charge in [0.15, 0.2) is 6.10 Å². The maximum absolute atomic E-state index is 12.2. The molecule has 1 aromatic rings. The Morgan fingerprint density at radius 1 is 1.36 bits per heavy atom. The number of nitriles is 1. The van der Waals surface area contributed by atoms with Crippen LogP contribution in [0.25, 0.3) is 6.08 Å². The van der Waals surface area contributed by atoms with E-state index in [0.717, 1.165) is 24.8 Å². The number of esters is 1. The van der Waals surface area contributed by atoms with E-state index in [1.165, 1.54) is 13.0 Å². The topological polar surface area (TPSA) is 79.2 Å². The van der Waals surface area contributed by atoms with Gasteiger partial charge >= 0.3 is 5.97 Å². The largest absolute Gasteiger partial charge is 0.449 e. The quantitative estimate of drug-likeness (QED) is 0.642. The fourth-order valence-electron chi connectivity index (χ4n) is 2.80. The van der Waals surface area contributed by atoms with Crippen LogP contribution in [0.5, 0.6) is 0 Å². The van der Waals surface area contributed by atoms with Crippen LogP contribution < -0.4 is 5.32 Å². The van der Waals surface area contributed by atoms with Crippen LogP contribution in [0.15, 0.2) is 30.3 Å². The van der Waals surface area contributed by atoms with E-state index < -0.39 is 23.5 Å². The Balaban J connectivity index is 1.89. The minimum atomic E-state index is -0.969. The van der Waals surface area contributed by atoms with Crippen molar-refractivity contribution < 1.29 is 14.3 Å². The molecule has 1 saturated carbocycles. The van der Waals surface area contributed by atoms with Crippen molar-refractivity contribution in [2.45, 2.75) is 50.7 Å². The van der Waals surface area contributed by atoms with Crippen LogP contribution in [0.2, 0.25) is 5.02 Å². The summed E-state index contributed by atoms with van der Waals surface area (Å²) < 4.78 is 5.11. The molecule has 1 aliphatic rings. The van der Waals surface area contributed by atoms with E-state index in [4.69, 9.17) is 16.3 Å². The van der Waals surface area contributed by atoms with Crippen LogP contribution in [0.3, 0.4) is 0 Å². The lowest BCUT2D eigenvalue weighted by Crippen LogP contribution is -2.52. The van der Waals surface area contributed by atoms with Gasteiger partial charge in [0.05, 0.1) is 6.07 Å². The van der Waals surface area contributed by atoms with Gasteiger partial charge in [-0.2, -0.15) is 5.26 Å². The number of carbonyl (C=O) groups is 2. The fourth-order valence-corrected chi connectivity index (χ4v) is 3.00. The Morgan fingerprint density at radius 2 is 2.08 bits per heavy atom. The Labute approximate surface area is 152 Å². The highest BCUT2D eigenvalue weighted by molar-refractivity contribution is 6.30. The predicted molar refractivity (Wildman–Crippen MR) is 95.6 cm³/mol. The molecule has 0 bridgehead atoms. The second-order valence-corrected chi connectivity index (χ2v) is 6.65. The van der Waals surface area contributed by atoms with Crippen molar-refractivity contribution in [3.63, 3.8) is 0 Å². The highest BCUT2D eigenvalue weighted by Gasteiger charge is 2.35. The molecule has 6 heteroatoms. The standard InChI is InChI=1S/C19H21ClN2O3/c1-14(18(24)22-19(13-21)10-3-2-4-11-19)25-17(23)9-8-15-6-5-7-16(20)12-15/h5-9,12,14H,2-4,10-11H2,1H3,(H,22,24)/b9-8+/t14-/m1/s1. The van der Waals surface area contributed by atoms with Crippen LogP contribution in [-0.4, -0.2) is 23.5 Å². The Hall–Kier alpha value is -2.32. The first-order valence-corrected chi connectivity index (χ1v) is 8.69. The summed E-state index contributed by atoms with van der Waals surface area (Å²) in [5.41, 5.74) is -0.0840. The van der Waals surface area contributed by atoms with Crippen molar-refractivity contribution in [1.29, 1.82) is 5.26 Å². The second-order valence-electron chi connectivity index (χ2n) is 6.21. The smallest absolute Gasteiger partial charge is 0.331 e. The van der Waals surface area contributed by atoms with Crippen LogP contribution >= 0.6 is 11.6 Å². The van der Waals surface area contributed by atoms with Crippen molar-refractivity contribution in [3.05, 3.63) is 40.9 Å². The van der Waals surface area contributed by atoms with E-state index in [2.05, 4.69) is 11.4 Å². The first kappa shape index (κ1) is 19.0. The summed E-state index contributed by atoms with van der Waals surface area (Å²) in [6.45, 7) is 1.49. The zero-order valence-corrected chi connectivity index (χ0v) is 14.9. The number of nitrogens with one attached hydrogen (secondary N) is 1. The predicted octanol–water partition coefficient (Wildman–Crippen LogP) is 3.63. The molecule has 1 atom stereocenters. The van der Waals surface area contributed by atoms with Crippen LogP contribution in [-0.2, 0) is 14.3 Å². The van der Waals surface area contributed by atoms with Gasteiger partial charge < -0.3 is 10.1 Å². The summed E-state index contributed by atoms with van der Waals surface area (Å²) in [6.07, 6.45) is 5.98. The number of rotatable bonds is 5. The third-order valence-corrected chi connectivity index (χ3v) is 4.44. The zero-order valence-electron chi connectivity index (χ0n) is 14.1. The first-order valence-electron chi connectivity index (χ1n) is 8.32. The van der Waals surface area contributed by atoms with Crippen molar-refractivity contribution in [2.75, 3.05) is 0 Å². The monoisotopic (exact) mass is 360 g/mol. The van der Waals surface area contributed by atoms with Gasteiger partial charge in [-0.05, 0) is 43.5 Å². The van der Waals surface area contributed by atoms with Gasteiger partial charge in [0.1, 0.15) is 5.54 Å². The van der Waals surface area contributed by atoms with Crippen LogP contribution in [0.1, 0.15) is 44.6 Å². The summed E-state index contributed by atoms with van der Waals surface area (Å²) >= 11 is 5.88. The number of amides is 1. The molecular formula is C19H21ClN2O3. The number of hydrogen-bond acceptors (Lipinski definition) is 4. The van der Waals surface area contributed by atoms with Gasteiger partial charge in [0.25, 0.3) is 5.91 Å². The maximum atomic E-state index is 12.2. The minimum absolute atomic E-state index is 0.451. The zero-order chi connectivity index (χ0) is 18.3. The number of halogens is 1. The van der Waals surface area contributed by atoms with E-state index in [1.54, 1.807) is 30.3 Å². The van der Waals surface area contributed by atoms with Gasteiger partial charge in [-0.25, -0.2) is 4.79 Å². The van der Waals surface area contributed by atoms with E-state index in [9.17, 15) is 14.9 Å². The van der Waals surface area contributed by atoms with Crippen molar-refractivity contribution in [2.24, 2.45) is 0 Å². The van der Waals surface area contributed by atoms with E-state index in [-0.39, 0.29) is 0 Å². The molecule has 0 spiro atoms. The molecule has 1 aliphatic carbocycles. The van der Waals surface area contributed by atoms with Gasteiger partial charge in [-0.1, -0.05) is 43.0 Å². The van der Waals surface area contributed by atoms with E-state index >= 15 is 0 Å². The molecule has 25 heavy (non-hydrogen) atoms. The summed E-state index contributed by atoms with van der Waals surface area (Å²) in [5, 5.41) is 12.7. The highest BCUT2D eigenvalue weighted by Crippen LogP contribution is 2.27. The Bertz CT molecular complexity index is 703. The summed E-state index contributed by atoms with van der Waals surface area (Å²) in [4.78, 5) is 24.1. The molecule has 0 unspecified atom stereocenters. The van der Waals surface area contributed by atoms with Crippen molar-refractivity contribution in [1.82, 2.24) is 5.32 Å². The Kier molecular flexibility index (Phi) is 6.60. The third kappa shape index (κ3) is 5.61. The van der Waals surface area contributed by atoms with Crippen LogP contribution in [0, 0.1) is 11.3 Å². The lowest BCUT2D eigenvalue weighted by molar-refractivity contribution is -0.150. The molecule has 2 rings (SSSR count). The average Bonchev–Trinajstić information content (AvgIpc) is 2.60. The molecule has 0 aromatic heterocycles. The average molecular weight is 361 g/mol. The van der Waals surface area contributed by atoms with Gasteiger partial charge in [-0.15, -0.1) is 0 Å². The molecule has 1 fully saturated rings. The molecule has 5 nitrogen and oxygen atoms in total.